The smallest absolute Gasteiger partial charge is 0.410 e. The van der Waals surface area contributed by atoms with E-state index in [0.29, 0.717) is 44.5 Å². The van der Waals surface area contributed by atoms with Crippen LogP contribution in [0.25, 0.3) is 0 Å². The summed E-state index contributed by atoms with van der Waals surface area (Å²) in [5, 5.41) is 10.2. The zero-order valence-electron chi connectivity index (χ0n) is 35.2. The third kappa shape index (κ3) is 11.1. The lowest BCUT2D eigenvalue weighted by atomic mass is 9.88. The molecule has 0 atom stereocenters. The number of carbonyl (C=O) groups excluding carboxylic acids is 4. The summed E-state index contributed by atoms with van der Waals surface area (Å²) in [6.45, 7) is 0.833. The molecule has 0 saturated carbocycles. The van der Waals surface area contributed by atoms with Crippen molar-refractivity contribution in [1.82, 2.24) is 21.3 Å². The monoisotopic (exact) mass is 828 g/mol. The molecule has 1 aliphatic carbocycles. The molecule has 320 valence electrons. The minimum absolute atomic E-state index is 0.0981. The number of fused-ring (bicyclic) bond motifs is 8. The lowest BCUT2D eigenvalue weighted by Crippen LogP contribution is -2.25. The topological polar surface area (TPSA) is 190 Å². The van der Waals surface area contributed by atoms with Gasteiger partial charge in [-0.2, -0.15) is 0 Å². The predicted octanol–water partition coefficient (Wildman–Crippen LogP) is 5.82. The molecule has 0 unspecified atom stereocenters. The summed E-state index contributed by atoms with van der Waals surface area (Å²) < 4.78 is 46.7. The van der Waals surface area contributed by atoms with Gasteiger partial charge in [0.05, 0.1) is 26.4 Å². The average Bonchev–Trinajstić information content (AvgIpc) is 3.22. The van der Waals surface area contributed by atoms with Crippen molar-refractivity contribution in [2.24, 2.45) is 0 Å². The van der Waals surface area contributed by atoms with Gasteiger partial charge in [0, 0.05) is 127 Å². The van der Waals surface area contributed by atoms with E-state index in [1.807, 2.05) is 48.5 Å². The minimum Gasteiger partial charge on any atom is -0.410 e. The van der Waals surface area contributed by atoms with Crippen LogP contribution < -0.4 is 40.2 Å². The first-order chi connectivity index (χ1) is 29.0. The van der Waals surface area contributed by atoms with Crippen LogP contribution in [-0.2, 0) is 71.1 Å². The summed E-state index contributed by atoms with van der Waals surface area (Å²) in [5.41, 5.74) is 7.53. The number of rotatable bonds is 12. The Morgan fingerprint density at radius 1 is 0.367 bits per heavy atom. The molecule has 0 aromatic heterocycles. The van der Waals surface area contributed by atoms with Crippen molar-refractivity contribution in [2.45, 2.75) is 52.1 Å². The number of benzene rings is 4. The van der Waals surface area contributed by atoms with Gasteiger partial charge in [0.25, 0.3) is 0 Å². The van der Waals surface area contributed by atoms with Crippen molar-refractivity contribution in [3.8, 4) is 23.0 Å². The number of carbonyl (C=O) groups is 4. The van der Waals surface area contributed by atoms with Gasteiger partial charge in [-0.3, -0.25) is 0 Å². The summed E-state index contributed by atoms with van der Waals surface area (Å²) in [5.74, 6) is 0.967. The molecule has 60 heavy (non-hydrogen) atoms. The van der Waals surface area contributed by atoms with Crippen molar-refractivity contribution in [3.05, 3.63) is 115 Å². The Labute approximate surface area is 349 Å². The molecule has 16 heteroatoms. The summed E-state index contributed by atoms with van der Waals surface area (Å²) in [6, 6.07) is 14.9. The molecule has 0 spiro atoms. The molecule has 8 bridgehead atoms. The van der Waals surface area contributed by atoms with E-state index in [4.69, 9.17) is 37.9 Å². The zero-order valence-corrected chi connectivity index (χ0v) is 35.2. The largest absolute Gasteiger partial charge is 0.412 e. The quantitative estimate of drug-likeness (QED) is 0.118. The number of methoxy groups -OCH3 is 4. The lowest BCUT2D eigenvalue weighted by molar-refractivity contribution is 0.184. The maximum atomic E-state index is 13.1. The van der Waals surface area contributed by atoms with Gasteiger partial charge in [0.2, 0.25) is 0 Å². The lowest BCUT2D eigenvalue weighted by Gasteiger charge is -2.23. The highest BCUT2D eigenvalue weighted by atomic mass is 16.6. The summed E-state index contributed by atoms with van der Waals surface area (Å²) in [4.78, 5) is 52.5. The third-order valence-electron chi connectivity index (χ3n) is 9.57. The first kappa shape index (κ1) is 44.9. The van der Waals surface area contributed by atoms with E-state index in [2.05, 4.69) is 21.3 Å². The number of amides is 4. The standard InChI is InChI=1S/C44H52N4O12/c1-45-41(49)57-37-29-9-25(21-53-5)10-30(37)18-32-12-27(23-55-7)14-34(39(32)59-43(51)47-3)20-36-16-28(24-56-8)15-35(40(36)60-44(52)48-4)19-33-13-26(22-54-6)11-31(17-29)38(33)58-42(50)46-2/h9-16H,17-24H2,1-8H3,(H,45,49)(H,46,50)(H,47,51)(H,48,52). The Balaban J connectivity index is 1.98. The predicted molar refractivity (Wildman–Crippen MR) is 220 cm³/mol. The van der Waals surface area contributed by atoms with Gasteiger partial charge in [-0.05, 0) is 70.8 Å². The molecule has 5 rings (SSSR count). The molecular weight excluding hydrogens is 776 g/mol. The maximum Gasteiger partial charge on any atom is 0.412 e. The van der Waals surface area contributed by atoms with Crippen LogP contribution in [0.1, 0.15) is 66.8 Å². The highest BCUT2D eigenvalue weighted by Crippen LogP contribution is 2.41. The molecule has 0 fully saturated rings. The van der Waals surface area contributed by atoms with E-state index in [9.17, 15) is 19.2 Å². The average molecular weight is 829 g/mol. The molecular formula is C44H52N4O12. The first-order valence-electron chi connectivity index (χ1n) is 19.1. The van der Waals surface area contributed by atoms with E-state index in [0.717, 1.165) is 22.3 Å². The summed E-state index contributed by atoms with van der Waals surface area (Å²) >= 11 is 0. The molecule has 4 aromatic rings. The van der Waals surface area contributed by atoms with Gasteiger partial charge in [-0.15, -0.1) is 0 Å². The number of nitrogens with one attached hydrogen (secondary N) is 4. The zero-order chi connectivity index (χ0) is 43.3. The number of hydrogen-bond acceptors (Lipinski definition) is 12. The Morgan fingerprint density at radius 2 is 0.533 bits per heavy atom. The van der Waals surface area contributed by atoms with Crippen molar-refractivity contribution < 1.29 is 57.1 Å². The minimum atomic E-state index is -0.716. The molecule has 1 aliphatic rings. The molecule has 4 aromatic carbocycles. The van der Waals surface area contributed by atoms with Crippen LogP contribution in [0.2, 0.25) is 0 Å². The summed E-state index contributed by atoms with van der Waals surface area (Å²) in [6.07, 6.45) is -2.47. The molecule has 4 amide bonds. The van der Waals surface area contributed by atoms with E-state index in [1.54, 1.807) is 28.4 Å². The molecule has 0 radical (unpaired) electrons. The SMILES string of the molecule is CNC(=O)Oc1c2cc(COC)cc1Cc1cc(COC)cc(c1OC(=O)NC)Cc1cc(COC)cc(c1OC(=O)NC)Cc1cc(COC)cc(c1OC(=O)NC)C2. The van der Waals surface area contributed by atoms with Crippen LogP contribution in [0.4, 0.5) is 19.2 Å². The Hall–Kier alpha value is -6.20. The molecule has 0 heterocycles. The van der Waals surface area contributed by atoms with Crippen molar-refractivity contribution in [2.75, 3.05) is 56.6 Å². The second-order valence-electron chi connectivity index (χ2n) is 14.0. The van der Waals surface area contributed by atoms with Crippen LogP contribution in [0, 0.1) is 0 Å². The van der Waals surface area contributed by atoms with Crippen LogP contribution in [0.3, 0.4) is 0 Å². The fourth-order valence-electron chi connectivity index (χ4n) is 7.28. The number of hydrogen-bond donors (Lipinski definition) is 4. The number of ether oxygens (including phenoxy) is 8. The van der Waals surface area contributed by atoms with Gasteiger partial charge >= 0.3 is 24.4 Å². The van der Waals surface area contributed by atoms with Gasteiger partial charge < -0.3 is 59.2 Å². The van der Waals surface area contributed by atoms with Gasteiger partial charge in [-0.1, -0.05) is 0 Å². The highest BCUT2D eigenvalue weighted by molar-refractivity contribution is 5.75. The summed E-state index contributed by atoms with van der Waals surface area (Å²) in [7, 11) is 12.1. The van der Waals surface area contributed by atoms with Gasteiger partial charge in [0.15, 0.2) is 0 Å². The normalized spacial score (nSPS) is 11.9. The second kappa shape index (κ2) is 21.2. The Bertz CT molecular complexity index is 1820. The van der Waals surface area contributed by atoms with Crippen molar-refractivity contribution >= 4 is 24.4 Å². The van der Waals surface area contributed by atoms with E-state index in [-0.39, 0.29) is 75.1 Å². The molecule has 0 aliphatic heterocycles. The van der Waals surface area contributed by atoms with E-state index >= 15 is 0 Å². The highest BCUT2D eigenvalue weighted by Gasteiger charge is 2.27. The molecule has 0 saturated heterocycles. The van der Waals surface area contributed by atoms with Crippen LogP contribution in [0.5, 0.6) is 23.0 Å². The van der Waals surface area contributed by atoms with Crippen LogP contribution in [0.15, 0.2) is 48.5 Å². The van der Waals surface area contributed by atoms with Crippen molar-refractivity contribution in [3.63, 3.8) is 0 Å². The Morgan fingerprint density at radius 3 is 0.667 bits per heavy atom. The third-order valence-corrected chi connectivity index (χ3v) is 9.57. The fourth-order valence-corrected chi connectivity index (χ4v) is 7.28. The van der Waals surface area contributed by atoms with Crippen LogP contribution in [-0.4, -0.2) is 81.0 Å². The Kier molecular flexibility index (Phi) is 15.8. The van der Waals surface area contributed by atoms with E-state index in [1.165, 1.54) is 28.2 Å². The fraction of sp³-hybridized carbons (Fsp3) is 0.364. The molecule has 4 N–H and O–H groups in total. The van der Waals surface area contributed by atoms with Crippen LogP contribution >= 0.6 is 0 Å². The van der Waals surface area contributed by atoms with Gasteiger partial charge in [-0.25, -0.2) is 19.2 Å². The maximum absolute atomic E-state index is 13.1. The van der Waals surface area contributed by atoms with Crippen molar-refractivity contribution in [1.29, 1.82) is 0 Å². The molecule has 16 nitrogen and oxygen atoms in total. The van der Waals surface area contributed by atoms with E-state index < -0.39 is 24.4 Å². The second-order valence-corrected chi connectivity index (χ2v) is 14.0. The first-order valence-corrected chi connectivity index (χ1v) is 19.1. The van der Waals surface area contributed by atoms with Gasteiger partial charge in [0.1, 0.15) is 23.0 Å².